The molecule has 1 N–H and O–H groups in total. The lowest BCUT2D eigenvalue weighted by Gasteiger charge is -2.13. The van der Waals surface area contributed by atoms with Crippen molar-refractivity contribution in [3.05, 3.63) is 27.7 Å². The molecular formula is C15H17Cl2NO. The van der Waals surface area contributed by atoms with Crippen LogP contribution >= 0.6 is 23.2 Å². The number of carbonyl (C=O) groups excluding carboxylic acids is 1. The van der Waals surface area contributed by atoms with Crippen molar-refractivity contribution < 1.29 is 4.79 Å². The average molecular weight is 298 g/mol. The maximum absolute atomic E-state index is 12.1. The minimum Gasteiger partial charge on any atom is -0.324 e. The summed E-state index contributed by atoms with van der Waals surface area (Å²) in [6.45, 7) is 0. The minimum atomic E-state index is -0.0770. The Labute approximate surface area is 123 Å². The van der Waals surface area contributed by atoms with Crippen molar-refractivity contribution in [3.8, 4) is 0 Å². The third-order valence-electron chi connectivity index (χ3n) is 4.36. The maximum atomic E-state index is 12.1. The summed E-state index contributed by atoms with van der Waals surface area (Å²) in [5, 5.41) is 4.03. The SMILES string of the molecule is O=C1Nc2c(Cl)cc(Cl)cc2C1CCC1CCCC1. The van der Waals surface area contributed by atoms with Gasteiger partial charge in [-0.1, -0.05) is 48.9 Å². The predicted molar refractivity (Wildman–Crippen MR) is 79.0 cm³/mol. The Morgan fingerprint density at radius 2 is 1.89 bits per heavy atom. The van der Waals surface area contributed by atoms with Gasteiger partial charge in [-0.2, -0.15) is 0 Å². The third kappa shape index (κ3) is 2.61. The molecule has 1 aromatic carbocycles. The van der Waals surface area contributed by atoms with E-state index in [9.17, 15) is 4.79 Å². The molecule has 1 amide bonds. The van der Waals surface area contributed by atoms with Gasteiger partial charge in [-0.15, -0.1) is 0 Å². The first-order chi connectivity index (χ1) is 9.15. The molecule has 0 aromatic heterocycles. The van der Waals surface area contributed by atoms with Gasteiger partial charge in [0.1, 0.15) is 0 Å². The van der Waals surface area contributed by atoms with Crippen LogP contribution in [0.4, 0.5) is 5.69 Å². The molecule has 2 nitrogen and oxygen atoms in total. The molecule has 1 fully saturated rings. The molecule has 0 spiro atoms. The highest BCUT2D eigenvalue weighted by Gasteiger charge is 2.32. The van der Waals surface area contributed by atoms with Crippen LogP contribution in [0.1, 0.15) is 50.0 Å². The monoisotopic (exact) mass is 297 g/mol. The highest BCUT2D eigenvalue weighted by Crippen LogP contribution is 2.43. The van der Waals surface area contributed by atoms with Gasteiger partial charge in [0.15, 0.2) is 0 Å². The van der Waals surface area contributed by atoms with Gasteiger partial charge < -0.3 is 5.32 Å². The lowest BCUT2D eigenvalue weighted by molar-refractivity contribution is -0.117. The Hall–Kier alpha value is -0.730. The molecule has 1 saturated carbocycles. The van der Waals surface area contributed by atoms with Crippen LogP contribution in [0.2, 0.25) is 10.0 Å². The number of halogens is 2. The second-order valence-electron chi connectivity index (χ2n) is 5.62. The standard InChI is InChI=1S/C15H17Cl2NO/c16-10-7-12-11(6-5-9-3-1-2-4-9)15(19)18-14(12)13(17)8-10/h7-9,11H,1-6H2,(H,18,19). The summed E-state index contributed by atoms with van der Waals surface area (Å²) < 4.78 is 0. The van der Waals surface area contributed by atoms with Crippen molar-refractivity contribution in [2.24, 2.45) is 5.92 Å². The summed E-state index contributed by atoms with van der Waals surface area (Å²) in [6.07, 6.45) is 7.35. The lowest BCUT2D eigenvalue weighted by Crippen LogP contribution is -2.13. The predicted octanol–water partition coefficient (Wildman–Crippen LogP) is 5.00. The molecule has 3 rings (SSSR count). The molecule has 0 bridgehead atoms. The van der Waals surface area contributed by atoms with E-state index in [1.165, 1.54) is 25.7 Å². The second kappa shape index (κ2) is 5.34. The van der Waals surface area contributed by atoms with E-state index in [0.717, 1.165) is 30.0 Å². The first kappa shape index (κ1) is 13.3. The fourth-order valence-corrected chi connectivity index (χ4v) is 3.90. The molecule has 0 radical (unpaired) electrons. The van der Waals surface area contributed by atoms with E-state index >= 15 is 0 Å². The molecule has 1 atom stereocenters. The topological polar surface area (TPSA) is 29.1 Å². The molecule has 1 heterocycles. The highest BCUT2D eigenvalue weighted by atomic mass is 35.5. The zero-order valence-corrected chi connectivity index (χ0v) is 12.2. The first-order valence-electron chi connectivity index (χ1n) is 6.95. The first-order valence-corrected chi connectivity index (χ1v) is 7.70. The number of amides is 1. The number of benzene rings is 1. The van der Waals surface area contributed by atoms with E-state index < -0.39 is 0 Å². The number of hydrogen-bond acceptors (Lipinski definition) is 1. The van der Waals surface area contributed by atoms with Gasteiger partial charge in [-0.3, -0.25) is 4.79 Å². The molecule has 1 aliphatic heterocycles. The van der Waals surface area contributed by atoms with Gasteiger partial charge >= 0.3 is 0 Å². The fourth-order valence-electron chi connectivity index (χ4n) is 3.34. The molecule has 102 valence electrons. The van der Waals surface area contributed by atoms with Crippen LogP contribution in [0, 0.1) is 5.92 Å². The van der Waals surface area contributed by atoms with E-state index in [1.54, 1.807) is 6.07 Å². The number of nitrogens with one attached hydrogen (secondary N) is 1. The van der Waals surface area contributed by atoms with E-state index in [2.05, 4.69) is 5.32 Å². The van der Waals surface area contributed by atoms with Crippen LogP contribution < -0.4 is 5.32 Å². The average Bonchev–Trinajstić information content (AvgIpc) is 2.95. The molecule has 19 heavy (non-hydrogen) atoms. The van der Waals surface area contributed by atoms with E-state index in [4.69, 9.17) is 23.2 Å². The normalized spacial score (nSPS) is 22.6. The Morgan fingerprint density at radius 1 is 1.16 bits per heavy atom. The number of rotatable bonds is 3. The van der Waals surface area contributed by atoms with Gasteiger partial charge in [0.05, 0.1) is 16.6 Å². The van der Waals surface area contributed by atoms with E-state index in [0.29, 0.717) is 10.0 Å². The summed E-state index contributed by atoms with van der Waals surface area (Å²) in [5.41, 5.74) is 1.73. The molecule has 1 aliphatic carbocycles. The van der Waals surface area contributed by atoms with E-state index in [1.807, 2.05) is 6.07 Å². The van der Waals surface area contributed by atoms with Gasteiger partial charge in [-0.05, 0) is 36.5 Å². The Morgan fingerprint density at radius 3 is 2.63 bits per heavy atom. The van der Waals surface area contributed by atoms with Gasteiger partial charge in [0.25, 0.3) is 0 Å². The fraction of sp³-hybridized carbons (Fsp3) is 0.533. The highest BCUT2D eigenvalue weighted by molar-refractivity contribution is 6.37. The number of anilines is 1. The molecule has 2 aliphatic rings. The van der Waals surface area contributed by atoms with Gasteiger partial charge in [-0.25, -0.2) is 0 Å². The third-order valence-corrected chi connectivity index (χ3v) is 4.88. The van der Waals surface area contributed by atoms with Crippen LogP contribution in [0.15, 0.2) is 12.1 Å². The van der Waals surface area contributed by atoms with Crippen LogP contribution in [-0.2, 0) is 4.79 Å². The number of hydrogen-bond donors (Lipinski definition) is 1. The second-order valence-corrected chi connectivity index (χ2v) is 6.47. The Kier molecular flexibility index (Phi) is 3.72. The van der Waals surface area contributed by atoms with Crippen molar-refractivity contribution >= 4 is 34.8 Å². The maximum Gasteiger partial charge on any atom is 0.232 e. The quantitative estimate of drug-likeness (QED) is 0.836. The van der Waals surface area contributed by atoms with Gasteiger partial charge in [0.2, 0.25) is 5.91 Å². The molecule has 0 saturated heterocycles. The zero-order valence-electron chi connectivity index (χ0n) is 10.7. The molecule has 4 heteroatoms. The van der Waals surface area contributed by atoms with Crippen molar-refractivity contribution in [1.82, 2.24) is 0 Å². The van der Waals surface area contributed by atoms with Crippen molar-refractivity contribution in [2.45, 2.75) is 44.4 Å². The summed E-state index contributed by atoms with van der Waals surface area (Å²) in [4.78, 5) is 12.1. The molecule has 1 unspecified atom stereocenters. The van der Waals surface area contributed by atoms with Crippen LogP contribution in [0.25, 0.3) is 0 Å². The number of carbonyl (C=O) groups is 1. The van der Waals surface area contributed by atoms with E-state index in [-0.39, 0.29) is 11.8 Å². The summed E-state index contributed by atoms with van der Waals surface area (Å²) in [5.74, 6) is 0.787. The summed E-state index contributed by atoms with van der Waals surface area (Å²) >= 11 is 12.2. The van der Waals surface area contributed by atoms with Crippen LogP contribution in [0.3, 0.4) is 0 Å². The summed E-state index contributed by atoms with van der Waals surface area (Å²) in [6, 6.07) is 3.56. The Bertz CT molecular complexity index is 509. The van der Waals surface area contributed by atoms with Gasteiger partial charge in [0, 0.05) is 5.02 Å². The van der Waals surface area contributed by atoms with Crippen LogP contribution in [-0.4, -0.2) is 5.91 Å². The molecule has 1 aromatic rings. The Balaban J connectivity index is 1.77. The lowest BCUT2D eigenvalue weighted by atomic mass is 9.90. The van der Waals surface area contributed by atoms with Crippen molar-refractivity contribution in [1.29, 1.82) is 0 Å². The smallest absolute Gasteiger partial charge is 0.232 e. The number of fused-ring (bicyclic) bond motifs is 1. The largest absolute Gasteiger partial charge is 0.324 e. The van der Waals surface area contributed by atoms with Crippen molar-refractivity contribution in [2.75, 3.05) is 5.32 Å². The zero-order chi connectivity index (χ0) is 13.4. The van der Waals surface area contributed by atoms with Crippen LogP contribution in [0.5, 0.6) is 0 Å². The summed E-state index contributed by atoms with van der Waals surface area (Å²) in [7, 11) is 0. The molecular weight excluding hydrogens is 281 g/mol. The van der Waals surface area contributed by atoms with Crippen molar-refractivity contribution in [3.63, 3.8) is 0 Å². The minimum absolute atomic E-state index is 0.0668.